The molecule has 132 valence electrons. The molecule has 0 atom stereocenters. The van der Waals surface area contributed by atoms with Crippen LogP contribution >= 0.6 is 35.0 Å². The van der Waals surface area contributed by atoms with Crippen molar-refractivity contribution in [2.24, 2.45) is 0 Å². The number of nitrogens with one attached hydrogen (secondary N) is 1. The molecule has 0 aromatic heterocycles. The molecule has 0 aliphatic carbocycles. The summed E-state index contributed by atoms with van der Waals surface area (Å²) in [5.41, 5.74) is 0.688. The number of carbonyl (C=O) groups excluding carboxylic acids is 2. The third-order valence-electron chi connectivity index (χ3n) is 3.07. The van der Waals surface area contributed by atoms with Crippen molar-refractivity contribution in [1.82, 2.24) is 0 Å². The van der Waals surface area contributed by atoms with Crippen molar-refractivity contribution in [2.45, 2.75) is 11.8 Å². The Hall–Kier alpha value is -1.54. The van der Waals surface area contributed by atoms with Crippen molar-refractivity contribution in [3.05, 3.63) is 58.1 Å². The fourth-order valence-corrected chi connectivity index (χ4v) is 3.78. The summed E-state index contributed by atoms with van der Waals surface area (Å²) in [7, 11) is -3.83. The van der Waals surface area contributed by atoms with Gasteiger partial charge in [-0.2, -0.15) is 0 Å². The second-order valence-corrected chi connectivity index (χ2v) is 8.61. The first kappa shape index (κ1) is 19.8. The Labute approximate surface area is 159 Å². The van der Waals surface area contributed by atoms with E-state index in [0.29, 0.717) is 11.3 Å². The topological polar surface area (TPSA) is 80.3 Å². The maximum Gasteiger partial charge on any atom is 0.261 e. The van der Waals surface area contributed by atoms with Crippen molar-refractivity contribution in [3.8, 4) is 0 Å². The van der Waals surface area contributed by atoms with Crippen molar-refractivity contribution in [1.29, 1.82) is 0 Å². The molecular weight excluding hydrogens is 405 g/mol. The van der Waals surface area contributed by atoms with Gasteiger partial charge in [-0.1, -0.05) is 35.0 Å². The van der Waals surface area contributed by atoms with Gasteiger partial charge >= 0.3 is 0 Å². The summed E-state index contributed by atoms with van der Waals surface area (Å²) < 4.78 is 27.1. The van der Waals surface area contributed by atoms with E-state index in [1.807, 2.05) is 0 Å². The van der Waals surface area contributed by atoms with E-state index in [0.717, 1.165) is 11.8 Å². The molecule has 1 N–H and O–H groups in total. The number of halogens is 2. The summed E-state index contributed by atoms with van der Waals surface area (Å²) in [4.78, 5) is 22.8. The summed E-state index contributed by atoms with van der Waals surface area (Å²) in [6.07, 6.45) is 0. The molecule has 5 nitrogen and oxygen atoms in total. The summed E-state index contributed by atoms with van der Waals surface area (Å²) in [6, 6.07) is 9.93. The quantitative estimate of drug-likeness (QED) is 0.710. The molecule has 9 heteroatoms. The Bertz CT molecular complexity index is 912. The molecule has 0 spiro atoms. The lowest BCUT2D eigenvalue weighted by atomic mass is 10.1. The lowest BCUT2D eigenvalue weighted by Crippen LogP contribution is -2.13. The molecule has 2 aromatic rings. The van der Waals surface area contributed by atoms with E-state index < -0.39 is 10.0 Å². The molecule has 0 aliphatic heterocycles. The summed E-state index contributed by atoms with van der Waals surface area (Å²) in [6.45, 7) is 1.39. The van der Waals surface area contributed by atoms with Gasteiger partial charge in [0.2, 0.25) is 0 Å². The average Bonchev–Trinajstić information content (AvgIpc) is 2.55. The zero-order valence-electron chi connectivity index (χ0n) is 13.0. The van der Waals surface area contributed by atoms with E-state index in [9.17, 15) is 18.0 Å². The summed E-state index contributed by atoms with van der Waals surface area (Å²) in [5.74, 6) is -0.164. The minimum absolute atomic E-state index is 0.0279. The molecule has 0 unspecified atom stereocenters. The molecule has 2 rings (SSSR count). The fraction of sp³-hybridized carbons (Fsp3) is 0.125. The highest BCUT2D eigenvalue weighted by atomic mass is 35.5. The first-order chi connectivity index (χ1) is 11.7. The Kier molecular flexibility index (Phi) is 6.51. The Balaban J connectivity index is 2.13. The highest BCUT2D eigenvalue weighted by Gasteiger charge is 2.16. The number of ketones is 1. The van der Waals surface area contributed by atoms with Crippen LogP contribution in [-0.2, 0) is 14.8 Å². The van der Waals surface area contributed by atoms with Crippen LogP contribution in [0.1, 0.15) is 17.3 Å². The highest BCUT2D eigenvalue weighted by molar-refractivity contribution is 8.14. The maximum atomic E-state index is 12.3. The second-order valence-electron chi connectivity index (χ2n) is 4.96. The fourth-order valence-electron chi connectivity index (χ4n) is 1.83. The van der Waals surface area contributed by atoms with E-state index in [-0.39, 0.29) is 31.6 Å². The third kappa shape index (κ3) is 5.47. The number of carbonyl (C=O) groups is 2. The van der Waals surface area contributed by atoms with Crippen LogP contribution < -0.4 is 4.72 Å². The normalized spacial score (nSPS) is 11.2. The number of hydrogen-bond donors (Lipinski definition) is 1. The van der Waals surface area contributed by atoms with Gasteiger partial charge in [-0.25, -0.2) is 8.42 Å². The van der Waals surface area contributed by atoms with Crippen LogP contribution in [0.15, 0.2) is 47.4 Å². The Morgan fingerprint density at radius 2 is 1.68 bits per heavy atom. The molecule has 0 saturated carbocycles. The summed E-state index contributed by atoms with van der Waals surface area (Å²) in [5, 5.41) is 0.250. The van der Waals surface area contributed by atoms with Crippen molar-refractivity contribution >= 4 is 61.6 Å². The standard InChI is InChI=1S/C16H13Cl2NO4S2/c1-10(20)24-9-16(21)11-2-4-12(5-3-11)19-25(22,23)13-6-7-14(17)15(18)8-13/h2-8,19H,9H2,1H3. The number of hydrogen-bond acceptors (Lipinski definition) is 5. The lowest BCUT2D eigenvalue weighted by Gasteiger charge is -2.09. The van der Waals surface area contributed by atoms with Crippen LogP contribution in [0.4, 0.5) is 5.69 Å². The smallest absolute Gasteiger partial charge is 0.261 e. The van der Waals surface area contributed by atoms with Crippen LogP contribution in [0.2, 0.25) is 10.0 Å². The summed E-state index contributed by atoms with van der Waals surface area (Å²) >= 11 is 12.5. The first-order valence-corrected chi connectivity index (χ1v) is 10.2. The third-order valence-corrected chi connectivity index (χ3v) is 6.00. The maximum absolute atomic E-state index is 12.3. The number of benzene rings is 2. The van der Waals surface area contributed by atoms with Gasteiger partial charge < -0.3 is 0 Å². The molecule has 0 radical (unpaired) electrons. The largest absolute Gasteiger partial charge is 0.293 e. The molecular formula is C16H13Cl2NO4S2. The second kappa shape index (κ2) is 8.23. The number of anilines is 1. The van der Waals surface area contributed by atoms with E-state index >= 15 is 0 Å². The molecule has 0 saturated heterocycles. The SMILES string of the molecule is CC(=O)SCC(=O)c1ccc(NS(=O)(=O)c2ccc(Cl)c(Cl)c2)cc1. The highest BCUT2D eigenvalue weighted by Crippen LogP contribution is 2.26. The zero-order valence-corrected chi connectivity index (χ0v) is 16.1. The van der Waals surface area contributed by atoms with Gasteiger partial charge in [0.1, 0.15) is 0 Å². The molecule has 2 aromatic carbocycles. The van der Waals surface area contributed by atoms with Crippen LogP contribution in [0.25, 0.3) is 0 Å². The molecule has 0 heterocycles. The van der Waals surface area contributed by atoms with Crippen LogP contribution in [-0.4, -0.2) is 25.1 Å². The van der Waals surface area contributed by atoms with Crippen LogP contribution in [0, 0.1) is 0 Å². The van der Waals surface area contributed by atoms with Gasteiger partial charge in [0.15, 0.2) is 10.9 Å². The average molecular weight is 418 g/mol. The number of thioether (sulfide) groups is 1. The van der Waals surface area contributed by atoms with Gasteiger partial charge in [0.25, 0.3) is 10.0 Å². The first-order valence-electron chi connectivity index (χ1n) is 6.93. The van der Waals surface area contributed by atoms with Gasteiger partial charge in [-0.15, -0.1) is 0 Å². The van der Waals surface area contributed by atoms with Crippen LogP contribution in [0.5, 0.6) is 0 Å². The minimum atomic E-state index is -3.83. The van der Waals surface area contributed by atoms with Crippen molar-refractivity contribution in [3.63, 3.8) is 0 Å². The monoisotopic (exact) mass is 417 g/mol. The van der Waals surface area contributed by atoms with Crippen molar-refractivity contribution < 1.29 is 18.0 Å². The van der Waals surface area contributed by atoms with E-state index in [2.05, 4.69) is 4.72 Å². The van der Waals surface area contributed by atoms with E-state index in [1.54, 1.807) is 0 Å². The number of sulfonamides is 1. The molecule has 25 heavy (non-hydrogen) atoms. The van der Waals surface area contributed by atoms with E-state index in [1.165, 1.54) is 49.4 Å². The van der Waals surface area contributed by atoms with Gasteiger partial charge in [0.05, 0.1) is 20.7 Å². The molecule has 0 amide bonds. The Morgan fingerprint density at radius 3 is 2.24 bits per heavy atom. The van der Waals surface area contributed by atoms with Gasteiger partial charge in [-0.3, -0.25) is 14.3 Å². The Morgan fingerprint density at radius 1 is 1.04 bits per heavy atom. The molecule has 0 fully saturated rings. The lowest BCUT2D eigenvalue weighted by molar-refractivity contribution is -0.109. The molecule has 0 bridgehead atoms. The number of rotatable bonds is 6. The van der Waals surface area contributed by atoms with Crippen LogP contribution in [0.3, 0.4) is 0 Å². The predicted molar refractivity (Wildman–Crippen MR) is 101 cm³/mol. The minimum Gasteiger partial charge on any atom is -0.293 e. The van der Waals surface area contributed by atoms with Gasteiger partial charge in [-0.05, 0) is 42.5 Å². The number of Topliss-reactive ketones (excluding diaryl/α,β-unsaturated/α-hetero) is 1. The molecule has 0 aliphatic rings. The zero-order chi connectivity index (χ0) is 18.6. The van der Waals surface area contributed by atoms with Crippen molar-refractivity contribution in [2.75, 3.05) is 10.5 Å². The predicted octanol–water partition coefficient (Wildman–Crippen LogP) is 4.26. The van der Waals surface area contributed by atoms with Gasteiger partial charge in [0, 0.05) is 18.2 Å². The van der Waals surface area contributed by atoms with E-state index in [4.69, 9.17) is 23.2 Å².